The lowest BCUT2D eigenvalue weighted by molar-refractivity contribution is -0.384. The van der Waals surface area contributed by atoms with E-state index in [1.165, 1.54) is 12.1 Å². The topological polar surface area (TPSA) is 70.2 Å². The monoisotopic (exact) mass is 247 g/mol. The Hall–Kier alpha value is -2.37. The molecule has 0 bridgehead atoms. The van der Waals surface area contributed by atoms with Crippen molar-refractivity contribution >= 4 is 5.69 Å². The molecule has 0 aliphatic carbocycles. The van der Waals surface area contributed by atoms with Crippen LogP contribution in [0, 0.1) is 17.0 Å². The summed E-state index contributed by atoms with van der Waals surface area (Å²) in [4.78, 5) is 10.1. The second kappa shape index (κ2) is 4.87. The Morgan fingerprint density at radius 3 is 2.56 bits per heavy atom. The average molecular weight is 247 g/mol. The standard InChI is InChI=1S/C12H13N3O3/c1-9-10(7-13-14(9)2)8-18-12-5-3-11(4-6-12)15(16)17/h3-7H,8H2,1-2H3. The van der Waals surface area contributed by atoms with Crippen molar-refractivity contribution in [3.63, 3.8) is 0 Å². The number of nitro benzene ring substituents is 1. The molecule has 0 saturated heterocycles. The smallest absolute Gasteiger partial charge is 0.269 e. The molecule has 0 radical (unpaired) electrons. The number of nitro groups is 1. The molecule has 2 aromatic rings. The first-order chi connectivity index (χ1) is 8.58. The highest BCUT2D eigenvalue weighted by atomic mass is 16.6. The van der Waals surface area contributed by atoms with Crippen LogP contribution in [0.5, 0.6) is 5.75 Å². The van der Waals surface area contributed by atoms with Crippen molar-refractivity contribution in [3.05, 3.63) is 51.8 Å². The van der Waals surface area contributed by atoms with Crippen molar-refractivity contribution in [3.8, 4) is 5.75 Å². The van der Waals surface area contributed by atoms with Gasteiger partial charge in [0.05, 0.1) is 11.1 Å². The first-order valence-electron chi connectivity index (χ1n) is 5.42. The first-order valence-corrected chi connectivity index (χ1v) is 5.42. The molecule has 0 atom stereocenters. The molecule has 6 heteroatoms. The van der Waals surface area contributed by atoms with Crippen molar-refractivity contribution in [1.82, 2.24) is 9.78 Å². The van der Waals surface area contributed by atoms with Crippen LogP contribution in [-0.2, 0) is 13.7 Å². The Bertz CT molecular complexity index is 560. The molecule has 1 aromatic heterocycles. The van der Waals surface area contributed by atoms with E-state index in [0.717, 1.165) is 11.3 Å². The maximum absolute atomic E-state index is 10.5. The lowest BCUT2D eigenvalue weighted by Crippen LogP contribution is -1.98. The van der Waals surface area contributed by atoms with Gasteiger partial charge in [0, 0.05) is 30.4 Å². The zero-order valence-electron chi connectivity index (χ0n) is 10.2. The van der Waals surface area contributed by atoms with Gasteiger partial charge < -0.3 is 4.74 Å². The number of non-ortho nitro benzene ring substituents is 1. The van der Waals surface area contributed by atoms with Crippen molar-refractivity contribution < 1.29 is 9.66 Å². The van der Waals surface area contributed by atoms with E-state index in [4.69, 9.17) is 4.74 Å². The van der Waals surface area contributed by atoms with Crippen LogP contribution < -0.4 is 4.74 Å². The Balaban J connectivity index is 2.02. The Kier molecular flexibility index (Phi) is 3.27. The Morgan fingerprint density at radius 2 is 2.06 bits per heavy atom. The molecule has 6 nitrogen and oxygen atoms in total. The summed E-state index contributed by atoms with van der Waals surface area (Å²) >= 11 is 0. The summed E-state index contributed by atoms with van der Waals surface area (Å²) in [6.45, 7) is 2.36. The third kappa shape index (κ3) is 2.48. The van der Waals surface area contributed by atoms with Gasteiger partial charge in [0.15, 0.2) is 0 Å². The molecule has 1 heterocycles. The molecule has 0 saturated carbocycles. The molecular formula is C12H13N3O3. The normalized spacial score (nSPS) is 10.3. The third-order valence-electron chi connectivity index (χ3n) is 2.78. The molecule has 0 amide bonds. The van der Waals surface area contributed by atoms with Crippen molar-refractivity contribution in [2.24, 2.45) is 7.05 Å². The van der Waals surface area contributed by atoms with E-state index in [1.807, 2.05) is 14.0 Å². The van der Waals surface area contributed by atoms with Gasteiger partial charge in [-0.25, -0.2) is 0 Å². The Morgan fingerprint density at radius 1 is 1.39 bits per heavy atom. The minimum Gasteiger partial charge on any atom is -0.489 e. The second-order valence-corrected chi connectivity index (χ2v) is 3.92. The maximum Gasteiger partial charge on any atom is 0.269 e. The van der Waals surface area contributed by atoms with Crippen LogP contribution in [0.4, 0.5) is 5.69 Å². The van der Waals surface area contributed by atoms with Crippen LogP contribution in [-0.4, -0.2) is 14.7 Å². The van der Waals surface area contributed by atoms with Crippen LogP contribution >= 0.6 is 0 Å². The van der Waals surface area contributed by atoms with Crippen molar-refractivity contribution in [2.45, 2.75) is 13.5 Å². The number of benzene rings is 1. The zero-order chi connectivity index (χ0) is 13.1. The van der Waals surface area contributed by atoms with Crippen LogP contribution in [0.15, 0.2) is 30.5 Å². The lowest BCUT2D eigenvalue weighted by atomic mass is 10.3. The highest BCUT2D eigenvalue weighted by Crippen LogP contribution is 2.18. The highest BCUT2D eigenvalue weighted by molar-refractivity contribution is 5.36. The Labute approximate surface area is 104 Å². The molecule has 2 rings (SSSR count). The highest BCUT2D eigenvalue weighted by Gasteiger charge is 2.06. The number of hydrogen-bond acceptors (Lipinski definition) is 4. The number of hydrogen-bond donors (Lipinski definition) is 0. The van der Waals surface area contributed by atoms with Gasteiger partial charge in [0.25, 0.3) is 5.69 Å². The molecule has 1 aromatic carbocycles. The van der Waals surface area contributed by atoms with Gasteiger partial charge in [-0.05, 0) is 19.1 Å². The molecule has 0 aliphatic heterocycles. The lowest BCUT2D eigenvalue weighted by Gasteiger charge is -2.05. The SMILES string of the molecule is Cc1c(COc2ccc([N+](=O)[O-])cc2)cnn1C. The molecule has 0 spiro atoms. The fraction of sp³-hybridized carbons (Fsp3) is 0.250. The molecule has 94 valence electrons. The number of aryl methyl sites for hydroxylation is 1. The second-order valence-electron chi connectivity index (χ2n) is 3.92. The predicted octanol–water partition coefficient (Wildman–Crippen LogP) is 2.22. The van der Waals surface area contributed by atoms with E-state index < -0.39 is 4.92 Å². The molecule has 18 heavy (non-hydrogen) atoms. The van der Waals surface area contributed by atoms with E-state index >= 15 is 0 Å². The predicted molar refractivity (Wildman–Crippen MR) is 65.4 cm³/mol. The molecular weight excluding hydrogens is 234 g/mol. The summed E-state index contributed by atoms with van der Waals surface area (Å²) in [6, 6.07) is 6.02. The van der Waals surface area contributed by atoms with Crippen molar-refractivity contribution in [1.29, 1.82) is 0 Å². The molecule has 0 fully saturated rings. The van der Waals surface area contributed by atoms with Gasteiger partial charge in [0.1, 0.15) is 12.4 Å². The zero-order valence-corrected chi connectivity index (χ0v) is 10.2. The van der Waals surface area contributed by atoms with E-state index in [1.54, 1.807) is 23.0 Å². The van der Waals surface area contributed by atoms with E-state index in [2.05, 4.69) is 5.10 Å². The van der Waals surface area contributed by atoms with Crippen LogP contribution in [0.2, 0.25) is 0 Å². The maximum atomic E-state index is 10.5. The number of nitrogens with zero attached hydrogens (tertiary/aromatic N) is 3. The minimum atomic E-state index is -0.435. The minimum absolute atomic E-state index is 0.0555. The van der Waals surface area contributed by atoms with Gasteiger partial charge in [-0.15, -0.1) is 0 Å². The van der Waals surface area contributed by atoms with Gasteiger partial charge in [-0.2, -0.15) is 5.10 Å². The van der Waals surface area contributed by atoms with Gasteiger partial charge >= 0.3 is 0 Å². The fourth-order valence-electron chi connectivity index (χ4n) is 1.51. The van der Waals surface area contributed by atoms with Gasteiger partial charge in [0.2, 0.25) is 0 Å². The summed E-state index contributed by atoms with van der Waals surface area (Å²) in [5.74, 6) is 0.601. The molecule has 0 unspecified atom stereocenters. The summed E-state index contributed by atoms with van der Waals surface area (Å²) in [5.41, 5.74) is 2.09. The molecule has 0 aliphatic rings. The summed E-state index contributed by atoms with van der Waals surface area (Å²) in [7, 11) is 1.87. The largest absolute Gasteiger partial charge is 0.489 e. The fourth-order valence-corrected chi connectivity index (χ4v) is 1.51. The third-order valence-corrected chi connectivity index (χ3v) is 2.78. The van der Waals surface area contributed by atoms with Crippen LogP contribution in [0.25, 0.3) is 0 Å². The number of aromatic nitrogens is 2. The quantitative estimate of drug-likeness (QED) is 0.613. The number of rotatable bonds is 4. The number of ether oxygens (including phenoxy) is 1. The van der Waals surface area contributed by atoms with E-state index in [0.29, 0.717) is 12.4 Å². The van der Waals surface area contributed by atoms with Crippen molar-refractivity contribution in [2.75, 3.05) is 0 Å². The summed E-state index contributed by atoms with van der Waals surface area (Å²) < 4.78 is 7.32. The van der Waals surface area contributed by atoms with E-state index in [9.17, 15) is 10.1 Å². The van der Waals surface area contributed by atoms with Crippen LogP contribution in [0.3, 0.4) is 0 Å². The van der Waals surface area contributed by atoms with E-state index in [-0.39, 0.29) is 5.69 Å². The summed E-state index contributed by atoms with van der Waals surface area (Å²) in [6.07, 6.45) is 1.75. The molecule has 0 N–H and O–H groups in total. The van der Waals surface area contributed by atoms with Crippen LogP contribution in [0.1, 0.15) is 11.3 Å². The average Bonchev–Trinajstić information content (AvgIpc) is 2.68. The summed E-state index contributed by atoms with van der Waals surface area (Å²) in [5, 5.41) is 14.6. The van der Waals surface area contributed by atoms with Gasteiger partial charge in [-0.1, -0.05) is 0 Å². The first kappa shape index (κ1) is 12.1. The van der Waals surface area contributed by atoms with Gasteiger partial charge in [-0.3, -0.25) is 14.8 Å².